The van der Waals surface area contributed by atoms with Gasteiger partial charge in [-0.05, 0) is 54.3 Å². The van der Waals surface area contributed by atoms with Crippen LogP contribution in [0.5, 0.6) is 5.75 Å². The Morgan fingerprint density at radius 1 is 1.10 bits per heavy atom. The van der Waals surface area contributed by atoms with Crippen molar-refractivity contribution in [1.82, 2.24) is 5.32 Å². The highest BCUT2D eigenvalue weighted by Crippen LogP contribution is 2.28. The van der Waals surface area contributed by atoms with E-state index in [0.29, 0.717) is 36.5 Å². The molecule has 3 amide bonds. The van der Waals surface area contributed by atoms with E-state index in [1.165, 1.54) is 0 Å². The predicted molar refractivity (Wildman–Crippen MR) is 115 cm³/mol. The Morgan fingerprint density at radius 3 is 2.81 bits per heavy atom. The summed E-state index contributed by atoms with van der Waals surface area (Å²) in [5.74, 6) is -0.813. The average molecular weight is 423 g/mol. The lowest BCUT2D eigenvalue weighted by Crippen LogP contribution is -2.38. The first kappa shape index (κ1) is 20.9. The molecule has 31 heavy (non-hydrogen) atoms. The van der Waals surface area contributed by atoms with Gasteiger partial charge in [-0.2, -0.15) is 0 Å². The standard InChI is InChI=1S/C23H25N3O5/c27-19(15-7-8-20-16(12-15)9-11-31-20)14-24-22(29)23(30)25-17-4-3-5-18(13-17)26-10-2-1-6-21(26)28/h3-5,7-8,12-13,19,27H,1-2,6,9-11,14H2,(H,24,29)(H,25,30)/t19-/m1/s1. The minimum atomic E-state index is -0.934. The average Bonchev–Trinajstić information content (AvgIpc) is 3.25. The summed E-state index contributed by atoms with van der Waals surface area (Å²) in [6.07, 6.45) is 2.18. The van der Waals surface area contributed by atoms with Crippen LogP contribution < -0.4 is 20.3 Å². The minimum Gasteiger partial charge on any atom is -0.493 e. The van der Waals surface area contributed by atoms with Crippen molar-refractivity contribution in [2.45, 2.75) is 31.8 Å². The molecule has 1 fully saturated rings. The molecule has 2 aromatic rings. The Balaban J connectivity index is 1.32. The van der Waals surface area contributed by atoms with E-state index in [1.807, 2.05) is 6.07 Å². The molecule has 2 aliphatic rings. The van der Waals surface area contributed by atoms with Crippen LogP contribution in [0, 0.1) is 0 Å². The van der Waals surface area contributed by atoms with Crippen molar-refractivity contribution in [3.05, 3.63) is 53.6 Å². The van der Waals surface area contributed by atoms with E-state index in [2.05, 4.69) is 10.6 Å². The molecule has 0 radical (unpaired) electrons. The Bertz CT molecular complexity index is 1010. The van der Waals surface area contributed by atoms with Gasteiger partial charge in [-0.3, -0.25) is 14.4 Å². The first-order chi connectivity index (χ1) is 15.0. The van der Waals surface area contributed by atoms with Gasteiger partial charge in [0.25, 0.3) is 0 Å². The van der Waals surface area contributed by atoms with E-state index >= 15 is 0 Å². The number of aliphatic hydroxyl groups excluding tert-OH is 1. The zero-order valence-electron chi connectivity index (χ0n) is 17.1. The number of rotatable bonds is 5. The van der Waals surface area contributed by atoms with Crippen molar-refractivity contribution in [3.8, 4) is 5.75 Å². The van der Waals surface area contributed by atoms with Gasteiger partial charge in [0.05, 0.1) is 12.7 Å². The fourth-order valence-corrected chi connectivity index (χ4v) is 3.82. The summed E-state index contributed by atoms with van der Waals surface area (Å²) in [5, 5.41) is 15.4. The lowest BCUT2D eigenvalue weighted by molar-refractivity contribution is -0.136. The molecule has 0 bridgehead atoms. The lowest BCUT2D eigenvalue weighted by Gasteiger charge is -2.27. The molecule has 0 unspecified atom stereocenters. The van der Waals surface area contributed by atoms with E-state index in [-0.39, 0.29) is 12.5 Å². The third-order valence-corrected chi connectivity index (χ3v) is 5.50. The highest BCUT2D eigenvalue weighted by Gasteiger charge is 2.21. The zero-order valence-corrected chi connectivity index (χ0v) is 17.1. The van der Waals surface area contributed by atoms with Crippen molar-refractivity contribution in [2.75, 3.05) is 29.9 Å². The number of nitrogens with zero attached hydrogens (tertiary/aromatic N) is 1. The first-order valence-corrected chi connectivity index (χ1v) is 10.4. The summed E-state index contributed by atoms with van der Waals surface area (Å²) in [4.78, 5) is 38.3. The number of benzene rings is 2. The van der Waals surface area contributed by atoms with Crippen molar-refractivity contribution < 1.29 is 24.2 Å². The predicted octanol–water partition coefficient (Wildman–Crippen LogP) is 1.93. The molecule has 3 N–H and O–H groups in total. The maximum atomic E-state index is 12.3. The summed E-state index contributed by atoms with van der Waals surface area (Å²) >= 11 is 0. The Labute approximate surface area is 180 Å². The van der Waals surface area contributed by atoms with Gasteiger partial charge in [0.1, 0.15) is 5.75 Å². The van der Waals surface area contributed by atoms with Gasteiger partial charge in [0, 0.05) is 37.3 Å². The van der Waals surface area contributed by atoms with Crippen molar-refractivity contribution in [3.63, 3.8) is 0 Å². The third kappa shape index (κ3) is 4.86. The molecule has 4 rings (SSSR count). The van der Waals surface area contributed by atoms with Crippen LogP contribution in [-0.2, 0) is 20.8 Å². The quantitative estimate of drug-likeness (QED) is 0.637. The van der Waals surface area contributed by atoms with Crippen molar-refractivity contribution >= 4 is 29.1 Å². The molecule has 8 nitrogen and oxygen atoms in total. The van der Waals surface area contributed by atoms with Gasteiger partial charge in [-0.15, -0.1) is 0 Å². The maximum absolute atomic E-state index is 12.3. The molecule has 0 aromatic heterocycles. The lowest BCUT2D eigenvalue weighted by atomic mass is 10.0. The van der Waals surface area contributed by atoms with Gasteiger partial charge < -0.3 is 25.4 Å². The van der Waals surface area contributed by atoms with E-state index in [4.69, 9.17) is 4.74 Å². The summed E-state index contributed by atoms with van der Waals surface area (Å²) in [7, 11) is 0. The largest absolute Gasteiger partial charge is 0.493 e. The van der Waals surface area contributed by atoms with E-state index in [0.717, 1.165) is 30.6 Å². The number of carbonyl (C=O) groups is 3. The molecule has 162 valence electrons. The number of fused-ring (bicyclic) bond motifs is 1. The Kier molecular flexibility index (Phi) is 6.18. The van der Waals surface area contributed by atoms with Crippen LogP contribution in [0.3, 0.4) is 0 Å². The van der Waals surface area contributed by atoms with E-state index < -0.39 is 17.9 Å². The molecule has 1 saturated heterocycles. The summed E-state index contributed by atoms with van der Waals surface area (Å²) in [5.41, 5.74) is 2.80. The fourth-order valence-electron chi connectivity index (χ4n) is 3.82. The zero-order chi connectivity index (χ0) is 21.8. The van der Waals surface area contributed by atoms with Crippen LogP contribution in [0.25, 0.3) is 0 Å². The second kappa shape index (κ2) is 9.18. The SMILES string of the molecule is O=C(NC[C@@H](O)c1ccc2c(c1)CCO2)C(=O)Nc1cccc(N2CCCCC2=O)c1. The number of aliphatic hydroxyl groups is 1. The molecular formula is C23H25N3O5. The van der Waals surface area contributed by atoms with Crippen molar-refractivity contribution in [1.29, 1.82) is 0 Å². The molecule has 2 heterocycles. The second-order valence-electron chi connectivity index (χ2n) is 7.70. The molecule has 2 aromatic carbocycles. The van der Waals surface area contributed by atoms with Crippen LogP contribution >= 0.6 is 0 Å². The van der Waals surface area contributed by atoms with Crippen LogP contribution in [0.2, 0.25) is 0 Å². The summed E-state index contributed by atoms with van der Waals surface area (Å²) in [6.45, 7) is 1.18. The number of hydrogen-bond acceptors (Lipinski definition) is 5. The van der Waals surface area contributed by atoms with Gasteiger partial charge in [-0.1, -0.05) is 12.1 Å². The third-order valence-electron chi connectivity index (χ3n) is 5.50. The van der Waals surface area contributed by atoms with Crippen LogP contribution in [-0.4, -0.2) is 42.5 Å². The van der Waals surface area contributed by atoms with Gasteiger partial charge in [-0.25, -0.2) is 0 Å². The highest BCUT2D eigenvalue weighted by atomic mass is 16.5. The molecule has 1 atom stereocenters. The van der Waals surface area contributed by atoms with E-state index in [9.17, 15) is 19.5 Å². The van der Waals surface area contributed by atoms with Gasteiger partial charge >= 0.3 is 11.8 Å². The Hall–Kier alpha value is -3.39. The smallest absolute Gasteiger partial charge is 0.313 e. The maximum Gasteiger partial charge on any atom is 0.313 e. The number of ether oxygens (including phenoxy) is 1. The number of anilines is 2. The summed E-state index contributed by atoms with van der Waals surface area (Å²) in [6, 6.07) is 12.3. The number of hydrogen-bond donors (Lipinski definition) is 3. The van der Waals surface area contributed by atoms with Gasteiger partial charge in [0.2, 0.25) is 5.91 Å². The molecule has 8 heteroatoms. The minimum absolute atomic E-state index is 0.0552. The Morgan fingerprint density at radius 2 is 1.97 bits per heavy atom. The van der Waals surface area contributed by atoms with Crippen LogP contribution in [0.1, 0.15) is 36.5 Å². The number of piperidine rings is 1. The number of carbonyl (C=O) groups excluding carboxylic acids is 3. The van der Waals surface area contributed by atoms with Crippen molar-refractivity contribution in [2.24, 2.45) is 0 Å². The summed E-state index contributed by atoms with van der Waals surface area (Å²) < 4.78 is 5.45. The molecule has 0 spiro atoms. The molecule has 0 aliphatic carbocycles. The number of nitrogens with one attached hydrogen (secondary N) is 2. The second-order valence-corrected chi connectivity index (χ2v) is 7.70. The van der Waals surface area contributed by atoms with Crippen LogP contribution in [0.15, 0.2) is 42.5 Å². The fraction of sp³-hybridized carbons (Fsp3) is 0.348. The first-order valence-electron chi connectivity index (χ1n) is 10.4. The van der Waals surface area contributed by atoms with E-state index in [1.54, 1.807) is 41.3 Å². The van der Waals surface area contributed by atoms with Crippen LogP contribution in [0.4, 0.5) is 11.4 Å². The van der Waals surface area contributed by atoms with Gasteiger partial charge in [0.15, 0.2) is 0 Å². The monoisotopic (exact) mass is 423 g/mol. The number of amides is 3. The molecule has 0 saturated carbocycles. The molecular weight excluding hydrogens is 398 g/mol. The topological polar surface area (TPSA) is 108 Å². The molecule has 2 aliphatic heterocycles. The normalized spacial score (nSPS) is 16.3. The highest BCUT2D eigenvalue weighted by molar-refractivity contribution is 6.39.